The lowest BCUT2D eigenvalue weighted by Gasteiger charge is -2.32. The number of rotatable bonds is 8. The molecule has 7 nitrogen and oxygen atoms in total. The van der Waals surface area contributed by atoms with Crippen LogP contribution >= 0.6 is 11.6 Å². The van der Waals surface area contributed by atoms with Crippen molar-refractivity contribution in [1.29, 1.82) is 0 Å². The molecule has 3 aromatic rings. The van der Waals surface area contributed by atoms with E-state index in [1.54, 1.807) is 61.7 Å². The summed E-state index contributed by atoms with van der Waals surface area (Å²) in [6, 6.07) is 14.3. The molecule has 34 heavy (non-hydrogen) atoms. The fourth-order valence-electron chi connectivity index (χ4n) is 4.28. The number of nitrogens with zero attached hydrogens (tertiary/aromatic N) is 1. The SMILES string of the molecule is COc1ccc(N(C(=O)c2ccco2)[C@H](C(=O)NC2CCCC2)c2ccc(Cl)cc2)c(OC)c1. The van der Waals surface area contributed by atoms with E-state index in [4.69, 9.17) is 25.5 Å². The Morgan fingerprint density at radius 3 is 2.41 bits per heavy atom. The van der Waals surface area contributed by atoms with Crippen molar-refractivity contribution in [2.75, 3.05) is 19.1 Å². The van der Waals surface area contributed by atoms with E-state index in [0.29, 0.717) is 27.8 Å². The highest BCUT2D eigenvalue weighted by Gasteiger charge is 2.37. The molecule has 4 rings (SSSR count). The van der Waals surface area contributed by atoms with Gasteiger partial charge in [0.05, 0.1) is 26.2 Å². The second kappa shape index (κ2) is 10.7. The molecule has 0 aliphatic heterocycles. The Morgan fingerprint density at radius 1 is 1.06 bits per heavy atom. The first-order valence-electron chi connectivity index (χ1n) is 11.2. The van der Waals surface area contributed by atoms with Gasteiger partial charge >= 0.3 is 0 Å². The molecule has 1 N–H and O–H groups in total. The Kier molecular flexibility index (Phi) is 7.43. The summed E-state index contributed by atoms with van der Waals surface area (Å²) in [6.07, 6.45) is 5.39. The van der Waals surface area contributed by atoms with Crippen LogP contribution in [0.4, 0.5) is 5.69 Å². The fourth-order valence-corrected chi connectivity index (χ4v) is 4.41. The Morgan fingerprint density at radius 2 is 1.79 bits per heavy atom. The molecule has 1 saturated carbocycles. The molecule has 1 aromatic heterocycles. The van der Waals surface area contributed by atoms with Crippen LogP contribution in [-0.2, 0) is 4.79 Å². The number of benzene rings is 2. The molecule has 0 spiro atoms. The van der Waals surface area contributed by atoms with Crippen LogP contribution in [0, 0.1) is 0 Å². The second-order valence-corrected chi connectivity index (χ2v) is 8.57. The molecule has 178 valence electrons. The van der Waals surface area contributed by atoms with E-state index in [2.05, 4.69) is 5.32 Å². The number of methoxy groups -OCH3 is 2. The van der Waals surface area contributed by atoms with Gasteiger partial charge in [0.15, 0.2) is 5.76 Å². The van der Waals surface area contributed by atoms with Gasteiger partial charge in [-0.1, -0.05) is 36.6 Å². The molecule has 2 aromatic carbocycles. The zero-order valence-corrected chi connectivity index (χ0v) is 19.9. The summed E-state index contributed by atoms with van der Waals surface area (Å²) in [5.74, 6) is 0.281. The number of hydrogen-bond donors (Lipinski definition) is 1. The average molecular weight is 483 g/mol. The number of anilines is 1. The third-order valence-electron chi connectivity index (χ3n) is 5.99. The maximum atomic E-state index is 13.8. The summed E-state index contributed by atoms with van der Waals surface area (Å²) in [7, 11) is 3.05. The standard InChI is InChI=1S/C26H27ClN2O5/c1-32-20-13-14-21(23(16-20)33-2)29(26(31)22-8-5-15-34-22)24(17-9-11-18(27)12-10-17)25(30)28-19-6-3-4-7-19/h5,8-16,19,24H,3-4,6-7H2,1-2H3,(H,28,30)/t24-/m0/s1. The maximum absolute atomic E-state index is 13.8. The first-order valence-corrected chi connectivity index (χ1v) is 11.5. The molecule has 1 atom stereocenters. The van der Waals surface area contributed by atoms with Crippen molar-refractivity contribution in [3.63, 3.8) is 0 Å². The summed E-state index contributed by atoms with van der Waals surface area (Å²) < 4.78 is 16.3. The largest absolute Gasteiger partial charge is 0.497 e. The molecule has 0 radical (unpaired) electrons. The number of nitrogens with one attached hydrogen (secondary N) is 1. The van der Waals surface area contributed by atoms with Crippen molar-refractivity contribution in [2.24, 2.45) is 0 Å². The lowest BCUT2D eigenvalue weighted by atomic mass is 10.0. The van der Waals surface area contributed by atoms with Gasteiger partial charge in [-0.05, 0) is 54.8 Å². The molecule has 0 unspecified atom stereocenters. The smallest absolute Gasteiger partial charge is 0.295 e. The van der Waals surface area contributed by atoms with Gasteiger partial charge in [0.25, 0.3) is 5.91 Å². The van der Waals surface area contributed by atoms with Crippen molar-refractivity contribution in [1.82, 2.24) is 5.32 Å². The third-order valence-corrected chi connectivity index (χ3v) is 6.24. The number of furan rings is 1. The summed E-state index contributed by atoms with van der Waals surface area (Å²) in [6.45, 7) is 0. The van der Waals surface area contributed by atoms with Crippen LogP contribution in [0.25, 0.3) is 0 Å². The van der Waals surface area contributed by atoms with Gasteiger partial charge in [0.2, 0.25) is 5.91 Å². The first kappa shape index (κ1) is 23.7. The summed E-state index contributed by atoms with van der Waals surface area (Å²) in [4.78, 5) is 29.0. The number of halogens is 1. The van der Waals surface area contributed by atoms with Crippen molar-refractivity contribution < 1.29 is 23.5 Å². The Labute approximate surface area is 203 Å². The lowest BCUT2D eigenvalue weighted by molar-refractivity contribution is -0.123. The van der Waals surface area contributed by atoms with Gasteiger partial charge in [0, 0.05) is 17.1 Å². The van der Waals surface area contributed by atoms with Gasteiger partial charge in [-0.25, -0.2) is 0 Å². The summed E-state index contributed by atoms with van der Waals surface area (Å²) in [5.41, 5.74) is 1.02. The molecule has 1 aliphatic carbocycles. The molecular weight excluding hydrogens is 456 g/mol. The number of carbonyl (C=O) groups excluding carboxylic acids is 2. The fraction of sp³-hybridized carbons (Fsp3) is 0.308. The van der Waals surface area contributed by atoms with Crippen LogP contribution in [0.3, 0.4) is 0 Å². The van der Waals surface area contributed by atoms with E-state index < -0.39 is 11.9 Å². The lowest BCUT2D eigenvalue weighted by Crippen LogP contribution is -2.46. The number of carbonyl (C=O) groups is 2. The molecule has 1 aliphatic rings. The van der Waals surface area contributed by atoms with Crippen LogP contribution in [-0.4, -0.2) is 32.1 Å². The zero-order valence-electron chi connectivity index (χ0n) is 19.1. The van der Waals surface area contributed by atoms with E-state index >= 15 is 0 Å². The van der Waals surface area contributed by atoms with E-state index in [0.717, 1.165) is 25.7 Å². The number of ether oxygens (including phenoxy) is 2. The molecular formula is C26H27ClN2O5. The Bertz CT molecular complexity index is 1120. The maximum Gasteiger partial charge on any atom is 0.295 e. The topological polar surface area (TPSA) is 81.0 Å². The van der Waals surface area contributed by atoms with E-state index in [1.807, 2.05) is 0 Å². The van der Waals surface area contributed by atoms with Crippen LogP contribution in [0.5, 0.6) is 11.5 Å². The summed E-state index contributed by atoms with van der Waals surface area (Å²) >= 11 is 6.12. The molecule has 0 bridgehead atoms. The van der Waals surface area contributed by atoms with Gasteiger partial charge < -0.3 is 19.2 Å². The highest BCUT2D eigenvalue weighted by atomic mass is 35.5. The second-order valence-electron chi connectivity index (χ2n) is 8.13. The molecule has 0 saturated heterocycles. The van der Waals surface area contributed by atoms with E-state index in [9.17, 15) is 9.59 Å². The monoisotopic (exact) mass is 482 g/mol. The van der Waals surface area contributed by atoms with Gasteiger partial charge in [0.1, 0.15) is 17.5 Å². The van der Waals surface area contributed by atoms with Crippen molar-refractivity contribution >= 4 is 29.1 Å². The highest BCUT2D eigenvalue weighted by molar-refractivity contribution is 6.30. The minimum atomic E-state index is -0.988. The van der Waals surface area contributed by atoms with E-state index in [-0.39, 0.29) is 17.7 Å². The van der Waals surface area contributed by atoms with Crippen molar-refractivity contribution in [3.8, 4) is 11.5 Å². The number of amides is 2. The normalized spacial score (nSPS) is 14.4. The van der Waals surface area contributed by atoms with E-state index in [1.165, 1.54) is 18.3 Å². The predicted octanol–water partition coefficient (Wildman–Crippen LogP) is 5.40. The molecule has 1 fully saturated rings. The van der Waals surface area contributed by atoms with Crippen molar-refractivity contribution in [3.05, 3.63) is 77.2 Å². The van der Waals surface area contributed by atoms with Gasteiger partial charge in [-0.3, -0.25) is 14.5 Å². The molecule has 2 amide bonds. The Balaban J connectivity index is 1.86. The Hall–Kier alpha value is -3.45. The van der Waals surface area contributed by atoms with Crippen LogP contribution in [0.15, 0.2) is 65.3 Å². The minimum absolute atomic E-state index is 0.0700. The average Bonchev–Trinajstić information content (AvgIpc) is 3.57. The number of hydrogen-bond acceptors (Lipinski definition) is 5. The highest BCUT2D eigenvalue weighted by Crippen LogP contribution is 2.39. The zero-order chi connectivity index (χ0) is 24.1. The van der Waals surface area contributed by atoms with Crippen molar-refractivity contribution in [2.45, 2.75) is 37.8 Å². The van der Waals surface area contributed by atoms with Crippen LogP contribution in [0.2, 0.25) is 5.02 Å². The summed E-state index contributed by atoms with van der Waals surface area (Å²) in [5, 5.41) is 3.67. The minimum Gasteiger partial charge on any atom is -0.497 e. The van der Waals surface area contributed by atoms with Crippen LogP contribution in [0.1, 0.15) is 47.8 Å². The van der Waals surface area contributed by atoms with Gasteiger partial charge in [-0.15, -0.1) is 0 Å². The molecule has 1 heterocycles. The quantitative estimate of drug-likeness (QED) is 0.465. The first-order chi connectivity index (χ1) is 16.5. The third kappa shape index (κ3) is 5.04. The molecule has 8 heteroatoms. The van der Waals surface area contributed by atoms with Gasteiger partial charge in [-0.2, -0.15) is 0 Å². The van der Waals surface area contributed by atoms with Crippen LogP contribution < -0.4 is 19.7 Å². The predicted molar refractivity (Wildman–Crippen MR) is 130 cm³/mol.